The van der Waals surface area contributed by atoms with Crippen LogP contribution in [0.3, 0.4) is 0 Å². The van der Waals surface area contributed by atoms with Gasteiger partial charge in [-0.1, -0.05) is 0 Å². The smallest absolute Gasteiger partial charge is 0.254 e. The van der Waals surface area contributed by atoms with E-state index < -0.39 is 0 Å². The van der Waals surface area contributed by atoms with Crippen LogP contribution in [0.2, 0.25) is 0 Å². The quantitative estimate of drug-likeness (QED) is 0.947. The number of hydrogen-bond acceptors (Lipinski definition) is 4. The van der Waals surface area contributed by atoms with Crippen LogP contribution in [0.15, 0.2) is 48.8 Å². The van der Waals surface area contributed by atoms with E-state index in [1.54, 1.807) is 12.4 Å². The third-order valence-electron chi connectivity index (χ3n) is 4.27. The van der Waals surface area contributed by atoms with Gasteiger partial charge in [-0.3, -0.25) is 9.78 Å². The number of benzene rings is 1. The van der Waals surface area contributed by atoms with Crippen LogP contribution in [-0.2, 0) is 0 Å². The number of carbonyl (C=O) groups is 1. The number of piperazine rings is 1. The number of nitrogens with zero attached hydrogens (tertiary/aromatic N) is 2. The number of rotatable bonds is 3. The van der Waals surface area contributed by atoms with Crippen LogP contribution in [-0.4, -0.2) is 41.0 Å². The molecule has 2 atom stereocenters. The number of nitrogens with one attached hydrogen (secondary N) is 1. The molecule has 0 aliphatic carbocycles. The Balaban J connectivity index is 1.70. The first kappa shape index (κ1) is 15.5. The maximum absolute atomic E-state index is 12.7. The van der Waals surface area contributed by atoms with Gasteiger partial charge in [-0.15, -0.1) is 0 Å². The van der Waals surface area contributed by atoms with Crippen molar-refractivity contribution in [2.75, 3.05) is 13.1 Å². The lowest BCUT2D eigenvalue weighted by molar-refractivity contribution is 0.0603. The van der Waals surface area contributed by atoms with E-state index in [4.69, 9.17) is 4.74 Å². The van der Waals surface area contributed by atoms with E-state index in [1.165, 1.54) is 0 Å². The van der Waals surface area contributed by atoms with Crippen LogP contribution in [0.4, 0.5) is 0 Å². The molecule has 0 radical (unpaired) electrons. The normalized spacial score (nSPS) is 21.0. The second-order valence-corrected chi connectivity index (χ2v) is 5.80. The molecule has 1 aromatic heterocycles. The fraction of sp³-hybridized carbons (Fsp3) is 0.333. The van der Waals surface area contributed by atoms with Crippen LogP contribution < -0.4 is 10.1 Å². The molecular formula is C18H21N3O2. The Bertz CT molecular complexity index is 658. The Morgan fingerprint density at radius 3 is 2.70 bits per heavy atom. The average molecular weight is 311 g/mol. The molecule has 2 unspecified atom stereocenters. The molecule has 2 aromatic rings. The number of ether oxygens (including phenoxy) is 1. The lowest BCUT2D eigenvalue weighted by Gasteiger charge is -2.38. The SMILES string of the molecule is CC1NCCN(C(=O)c2ccc(Oc3cccnc3)cc2)C1C. The monoisotopic (exact) mass is 311 g/mol. The predicted octanol–water partition coefficient (Wildman–Crippen LogP) is 2.70. The molecule has 3 rings (SSSR count). The predicted molar refractivity (Wildman–Crippen MR) is 88.7 cm³/mol. The van der Waals surface area contributed by atoms with E-state index in [1.807, 2.05) is 41.3 Å². The van der Waals surface area contributed by atoms with Gasteiger partial charge in [0.1, 0.15) is 11.5 Å². The van der Waals surface area contributed by atoms with E-state index in [0.29, 0.717) is 23.1 Å². The summed E-state index contributed by atoms with van der Waals surface area (Å²) in [6, 6.07) is 11.4. The van der Waals surface area contributed by atoms with Gasteiger partial charge in [0.2, 0.25) is 0 Å². The second-order valence-electron chi connectivity index (χ2n) is 5.80. The second kappa shape index (κ2) is 6.79. The Kier molecular flexibility index (Phi) is 4.57. The van der Waals surface area contributed by atoms with Crippen LogP contribution in [0.5, 0.6) is 11.5 Å². The molecule has 2 heterocycles. The molecule has 0 spiro atoms. The van der Waals surface area contributed by atoms with Crippen molar-refractivity contribution in [3.8, 4) is 11.5 Å². The van der Waals surface area contributed by atoms with Crippen LogP contribution in [0.25, 0.3) is 0 Å². The summed E-state index contributed by atoms with van der Waals surface area (Å²) in [5, 5.41) is 3.38. The maximum atomic E-state index is 12.7. The summed E-state index contributed by atoms with van der Waals surface area (Å²) in [7, 11) is 0. The molecule has 1 saturated heterocycles. The fourth-order valence-corrected chi connectivity index (χ4v) is 2.72. The van der Waals surface area contributed by atoms with Gasteiger partial charge in [-0.25, -0.2) is 0 Å². The van der Waals surface area contributed by atoms with Gasteiger partial charge in [0.25, 0.3) is 5.91 Å². The number of hydrogen-bond donors (Lipinski definition) is 1. The first-order valence-electron chi connectivity index (χ1n) is 7.87. The van der Waals surface area contributed by atoms with Crippen molar-refractivity contribution >= 4 is 5.91 Å². The maximum Gasteiger partial charge on any atom is 0.254 e. The first-order valence-corrected chi connectivity index (χ1v) is 7.87. The summed E-state index contributed by atoms with van der Waals surface area (Å²) in [6.07, 6.45) is 3.35. The molecule has 5 nitrogen and oxygen atoms in total. The Hall–Kier alpha value is -2.40. The number of amides is 1. The van der Waals surface area contributed by atoms with Gasteiger partial charge in [-0.2, -0.15) is 0 Å². The molecule has 0 saturated carbocycles. The van der Waals surface area contributed by atoms with E-state index in [0.717, 1.165) is 13.1 Å². The lowest BCUT2D eigenvalue weighted by Crippen LogP contribution is -2.57. The minimum atomic E-state index is 0.0683. The summed E-state index contributed by atoms with van der Waals surface area (Å²) in [6.45, 7) is 5.75. The van der Waals surface area contributed by atoms with Crippen molar-refractivity contribution in [1.29, 1.82) is 0 Å². The molecule has 1 amide bonds. The average Bonchev–Trinajstić information content (AvgIpc) is 2.58. The molecule has 1 aliphatic heterocycles. The number of aromatic nitrogens is 1. The van der Waals surface area contributed by atoms with E-state index in [2.05, 4.69) is 24.1 Å². The Morgan fingerprint density at radius 2 is 2.00 bits per heavy atom. The largest absolute Gasteiger partial charge is 0.456 e. The van der Waals surface area contributed by atoms with Gasteiger partial charge in [0.15, 0.2) is 0 Å². The summed E-state index contributed by atoms with van der Waals surface area (Å²) in [5.74, 6) is 1.44. The Labute approximate surface area is 136 Å². The first-order chi connectivity index (χ1) is 11.1. The summed E-state index contributed by atoms with van der Waals surface area (Å²) < 4.78 is 5.70. The van der Waals surface area contributed by atoms with Crippen molar-refractivity contribution in [3.05, 3.63) is 54.4 Å². The van der Waals surface area contributed by atoms with Crippen LogP contribution in [0, 0.1) is 0 Å². The Morgan fingerprint density at radius 1 is 1.22 bits per heavy atom. The highest BCUT2D eigenvalue weighted by atomic mass is 16.5. The van der Waals surface area contributed by atoms with Gasteiger partial charge in [0.05, 0.1) is 6.20 Å². The van der Waals surface area contributed by atoms with E-state index in [-0.39, 0.29) is 11.9 Å². The lowest BCUT2D eigenvalue weighted by atomic mass is 10.1. The van der Waals surface area contributed by atoms with E-state index >= 15 is 0 Å². The molecule has 23 heavy (non-hydrogen) atoms. The molecular weight excluding hydrogens is 290 g/mol. The van der Waals surface area contributed by atoms with Crippen molar-refractivity contribution in [3.63, 3.8) is 0 Å². The zero-order valence-electron chi connectivity index (χ0n) is 13.4. The van der Waals surface area contributed by atoms with E-state index in [9.17, 15) is 4.79 Å². The molecule has 0 bridgehead atoms. The molecule has 1 aromatic carbocycles. The molecule has 1 N–H and O–H groups in total. The van der Waals surface area contributed by atoms with Crippen molar-refractivity contribution in [2.45, 2.75) is 25.9 Å². The highest BCUT2D eigenvalue weighted by Gasteiger charge is 2.28. The van der Waals surface area contributed by atoms with Crippen LogP contribution >= 0.6 is 0 Å². The highest BCUT2D eigenvalue weighted by Crippen LogP contribution is 2.21. The topological polar surface area (TPSA) is 54.5 Å². The zero-order chi connectivity index (χ0) is 16.2. The number of pyridine rings is 1. The van der Waals surface area contributed by atoms with Gasteiger partial charge < -0.3 is 15.0 Å². The third-order valence-corrected chi connectivity index (χ3v) is 4.27. The number of carbonyl (C=O) groups excluding carboxylic acids is 1. The van der Waals surface area contributed by atoms with Crippen molar-refractivity contribution < 1.29 is 9.53 Å². The summed E-state index contributed by atoms with van der Waals surface area (Å²) in [5.41, 5.74) is 0.685. The van der Waals surface area contributed by atoms with Crippen molar-refractivity contribution in [1.82, 2.24) is 15.2 Å². The molecule has 1 fully saturated rings. The minimum Gasteiger partial charge on any atom is -0.456 e. The molecule has 120 valence electrons. The summed E-state index contributed by atoms with van der Waals surface area (Å²) in [4.78, 5) is 18.6. The third kappa shape index (κ3) is 3.51. The van der Waals surface area contributed by atoms with Gasteiger partial charge in [-0.05, 0) is 50.2 Å². The van der Waals surface area contributed by atoms with Gasteiger partial charge >= 0.3 is 0 Å². The molecule has 1 aliphatic rings. The van der Waals surface area contributed by atoms with Crippen molar-refractivity contribution in [2.24, 2.45) is 0 Å². The standard InChI is InChI=1S/C18H21N3O2/c1-13-14(2)21(11-10-20-13)18(22)15-5-7-16(8-6-15)23-17-4-3-9-19-12-17/h3-9,12-14,20H,10-11H2,1-2H3. The summed E-state index contributed by atoms with van der Waals surface area (Å²) >= 11 is 0. The minimum absolute atomic E-state index is 0.0683. The fourth-order valence-electron chi connectivity index (χ4n) is 2.72. The highest BCUT2D eigenvalue weighted by molar-refractivity contribution is 5.94. The molecule has 5 heteroatoms. The van der Waals surface area contributed by atoms with Crippen LogP contribution in [0.1, 0.15) is 24.2 Å². The zero-order valence-corrected chi connectivity index (χ0v) is 13.4. The van der Waals surface area contributed by atoms with Gasteiger partial charge in [0, 0.05) is 36.9 Å².